The van der Waals surface area contributed by atoms with Crippen LogP contribution >= 0.6 is 11.3 Å². The van der Waals surface area contributed by atoms with Crippen LogP contribution in [-0.2, 0) is 14.4 Å². The van der Waals surface area contributed by atoms with Gasteiger partial charge in [0.25, 0.3) is 5.91 Å². The number of carbonyl (C=O) groups excluding carboxylic acids is 2. The van der Waals surface area contributed by atoms with Gasteiger partial charge in [-0.3, -0.25) is 14.4 Å². The van der Waals surface area contributed by atoms with Gasteiger partial charge in [0, 0.05) is 4.88 Å². The number of ether oxygens (including phenoxy) is 1. The SMILES string of the molecule is COc1ccc(N2C(=O)[C@H]3[C@@H](ON(c4ccccc4C)[C@H]3c3cccs3)C2=O)cc1. The Morgan fingerprint density at radius 2 is 1.73 bits per heavy atom. The standard InChI is InChI=1S/C23H20N2O4S/c1-14-6-3-4-7-17(14)25-20(18-8-5-13-30-18)19-21(29-25)23(27)24(22(19)26)15-9-11-16(28-2)12-10-15/h3-13,19-21H,1-2H3/t19-,20+,21-/m1/s1. The van der Waals surface area contributed by atoms with Gasteiger partial charge in [0.15, 0.2) is 6.10 Å². The molecular weight excluding hydrogens is 400 g/mol. The number of imide groups is 1. The molecule has 0 radical (unpaired) electrons. The van der Waals surface area contributed by atoms with Crippen molar-refractivity contribution in [1.29, 1.82) is 0 Å². The van der Waals surface area contributed by atoms with Crippen molar-refractivity contribution in [3.8, 4) is 5.75 Å². The predicted molar refractivity (Wildman–Crippen MR) is 115 cm³/mol. The molecule has 0 unspecified atom stereocenters. The van der Waals surface area contributed by atoms with E-state index in [-0.39, 0.29) is 17.9 Å². The van der Waals surface area contributed by atoms with Crippen LogP contribution in [0.25, 0.3) is 0 Å². The summed E-state index contributed by atoms with van der Waals surface area (Å²) in [5.41, 5.74) is 2.41. The Morgan fingerprint density at radius 1 is 0.967 bits per heavy atom. The van der Waals surface area contributed by atoms with Gasteiger partial charge in [0.05, 0.1) is 18.5 Å². The first-order chi connectivity index (χ1) is 14.6. The predicted octanol–water partition coefficient (Wildman–Crippen LogP) is 4.12. The number of nitrogens with zero attached hydrogens (tertiary/aromatic N) is 2. The number of para-hydroxylation sites is 1. The highest BCUT2D eigenvalue weighted by Crippen LogP contribution is 2.49. The van der Waals surface area contributed by atoms with Gasteiger partial charge in [-0.15, -0.1) is 11.3 Å². The van der Waals surface area contributed by atoms with Gasteiger partial charge in [-0.05, 0) is 54.3 Å². The smallest absolute Gasteiger partial charge is 0.266 e. The second kappa shape index (κ2) is 7.27. The van der Waals surface area contributed by atoms with Gasteiger partial charge < -0.3 is 4.74 Å². The minimum Gasteiger partial charge on any atom is -0.497 e. The minimum atomic E-state index is -0.855. The van der Waals surface area contributed by atoms with E-state index in [2.05, 4.69) is 0 Å². The maximum absolute atomic E-state index is 13.5. The topological polar surface area (TPSA) is 59.1 Å². The molecule has 3 heterocycles. The summed E-state index contributed by atoms with van der Waals surface area (Å²) in [5.74, 6) is -0.535. The molecule has 2 aliphatic rings. The van der Waals surface area contributed by atoms with Gasteiger partial charge in [-0.1, -0.05) is 24.3 Å². The van der Waals surface area contributed by atoms with Crippen molar-refractivity contribution in [1.82, 2.24) is 0 Å². The first-order valence-corrected chi connectivity index (χ1v) is 10.5. The first-order valence-electron chi connectivity index (χ1n) is 9.67. The molecule has 6 nitrogen and oxygen atoms in total. The van der Waals surface area contributed by atoms with Gasteiger partial charge in [-0.25, -0.2) is 9.96 Å². The van der Waals surface area contributed by atoms with Gasteiger partial charge in [-0.2, -0.15) is 0 Å². The maximum atomic E-state index is 13.5. The van der Waals surface area contributed by atoms with Crippen molar-refractivity contribution in [3.05, 3.63) is 76.5 Å². The molecule has 2 saturated heterocycles. The van der Waals surface area contributed by atoms with E-state index in [1.54, 1.807) is 47.8 Å². The van der Waals surface area contributed by atoms with Crippen molar-refractivity contribution < 1.29 is 19.2 Å². The first kappa shape index (κ1) is 18.8. The molecule has 30 heavy (non-hydrogen) atoms. The van der Waals surface area contributed by atoms with Crippen molar-refractivity contribution >= 4 is 34.5 Å². The lowest BCUT2D eigenvalue weighted by Gasteiger charge is -2.28. The molecule has 2 fully saturated rings. The number of anilines is 2. The number of methoxy groups -OCH3 is 1. The Hall–Kier alpha value is -3.16. The number of hydrogen-bond acceptors (Lipinski definition) is 6. The highest BCUT2D eigenvalue weighted by Gasteiger charge is 2.60. The van der Waals surface area contributed by atoms with Crippen LogP contribution in [0.3, 0.4) is 0 Å². The number of benzene rings is 2. The Balaban J connectivity index is 1.55. The fourth-order valence-electron chi connectivity index (χ4n) is 4.17. The largest absolute Gasteiger partial charge is 0.497 e. The lowest BCUT2D eigenvalue weighted by atomic mass is 9.95. The molecule has 2 amide bonds. The molecule has 5 rings (SSSR count). The van der Waals surface area contributed by atoms with Gasteiger partial charge >= 0.3 is 0 Å². The Bertz CT molecular complexity index is 1100. The second-order valence-corrected chi connectivity index (χ2v) is 8.31. The van der Waals surface area contributed by atoms with Crippen molar-refractivity contribution in [3.63, 3.8) is 0 Å². The average molecular weight is 420 g/mol. The zero-order valence-corrected chi connectivity index (χ0v) is 17.3. The molecule has 152 valence electrons. The molecule has 2 aliphatic heterocycles. The fourth-order valence-corrected chi connectivity index (χ4v) is 5.02. The molecule has 0 bridgehead atoms. The summed E-state index contributed by atoms with van der Waals surface area (Å²) in [6.45, 7) is 1.99. The lowest BCUT2D eigenvalue weighted by molar-refractivity contribution is -0.126. The summed E-state index contributed by atoms with van der Waals surface area (Å²) in [6.07, 6.45) is -0.855. The third-order valence-electron chi connectivity index (χ3n) is 5.63. The summed E-state index contributed by atoms with van der Waals surface area (Å²) >= 11 is 1.56. The monoisotopic (exact) mass is 420 g/mol. The molecule has 0 spiro atoms. The van der Waals surface area contributed by atoms with Gasteiger partial charge in [0.1, 0.15) is 17.7 Å². The number of fused-ring (bicyclic) bond motifs is 1. The van der Waals surface area contributed by atoms with Crippen LogP contribution in [0.1, 0.15) is 16.5 Å². The third kappa shape index (κ3) is 2.81. The molecule has 0 aliphatic carbocycles. The average Bonchev–Trinajstić information content (AvgIpc) is 3.46. The van der Waals surface area contributed by atoms with Crippen molar-refractivity contribution in [2.45, 2.75) is 19.1 Å². The summed E-state index contributed by atoms with van der Waals surface area (Å²) in [7, 11) is 1.57. The Labute approximate surface area is 178 Å². The number of amides is 2. The second-order valence-electron chi connectivity index (χ2n) is 7.33. The summed E-state index contributed by atoms with van der Waals surface area (Å²) in [5, 5.41) is 3.72. The van der Waals surface area contributed by atoms with Crippen LogP contribution in [0, 0.1) is 12.8 Å². The van der Waals surface area contributed by atoms with E-state index in [4.69, 9.17) is 9.57 Å². The highest BCUT2D eigenvalue weighted by molar-refractivity contribution is 7.10. The van der Waals surface area contributed by atoms with E-state index in [0.29, 0.717) is 11.4 Å². The normalized spacial score (nSPS) is 23.2. The van der Waals surface area contributed by atoms with Crippen LogP contribution in [0.15, 0.2) is 66.0 Å². The third-order valence-corrected chi connectivity index (χ3v) is 6.58. The quantitative estimate of drug-likeness (QED) is 0.595. The maximum Gasteiger partial charge on any atom is 0.266 e. The van der Waals surface area contributed by atoms with Gasteiger partial charge in [0.2, 0.25) is 5.91 Å². The molecular formula is C23H20N2O4S. The molecule has 1 aromatic heterocycles. The van der Waals surface area contributed by atoms with E-state index in [1.807, 2.05) is 48.7 Å². The van der Waals surface area contributed by atoms with Crippen LogP contribution in [-0.4, -0.2) is 25.0 Å². The number of aryl methyl sites for hydroxylation is 1. The van der Waals surface area contributed by atoms with E-state index < -0.39 is 12.0 Å². The fraction of sp³-hybridized carbons (Fsp3) is 0.217. The Morgan fingerprint density at radius 3 is 2.40 bits per heavy atom. The minimum absolute atomic E-state index is 0.246. The number of carbonyl (C=O) groups is 2. The number of hydroxylamine groups is 1. The number of rotatable bonds is 4. The van der Waals surface area contributed by atoms with Crippen LogP contribution in [0.5, 0.6) is 5.75 Å². The molecule has 3 atom stereocenters. The molecule has 0 N–H and O–H groups in total. The summed E-state index contributed by atoms with van der Waals surface area (Å²) in [6, 6.07) is 18.3. The van der Waals surface area contributed by atoms with Crippen LogP contribution in [0.2, 0.25) is 0 Å². The summed E-state index contributed by atoms with van der Waals surface area (Å²) in [4.78, 5) is 35.1. The van der Waals surface area contributed by atoms with E-state index in [9.17, 15) is 9.59 Å². The molecule has 2 aromatic carbocycles. The van der Waals surface area contributed by atoms with E-state index >= 15 is 0 Å². The number of hydrogen-bond donors (Lipinski definition) is 0. The van der Waals surface area contributed by atoms with Crippen molar-refractivity contribution in [2.24, 2.45) is 5.92 Å². The zero-order valence-electron chi connectivity index (χ0n) is 16.5. The van der Waals surface area contributed by atoms with Crippen LogP contribution < -0.4 is 14.7 Å². The molecule has 7 heteroatoms. The van der Waals surface area contributed by atoms with E-state index in [0.717, 1.165) is 16.1 Å². The van der Waals surface area contributed by atoms with Crippen LogP contribution in [0.4, 0.5) is 11.4 Å². The number of thiophene rings is 1. The van der Waals surface area contributed by atoms with Crippen molar-refractivity contribution in [2.75, 3.05) is 17.1 Å². The highest BCUT2D eigenvalue weighted by atomic mass is 32.1. The van der Waals surface area contributed by atoms with E-state index in [1.165, 1.54) is 4.90 Å². The molecule has 0 saturated carbocycles. The molecule has 3 aromatic rings. The Kier molecular flexibility index (Phi) is 4.56. The zero-order chi connectivity index (χ0) is 20.8. The lowest BCUT2D eigenvalue weighted by Crippen LogP contribution is -2.37. The summed E-state index contributed by atoms with van der Waals surface area (Å²) < 4.78 is 5.18.